The van der Waals surface area contributed by atoms with Crippen LogP contribution in [-0.4, -0.2) is 28.3 Å². The van der Waals surface area contributed by atoms with Crippen LogP contribution in [-0.2, 0) is 6.54 Å². The van der Waals surface area contributed by atoms with Gasteiger partial charge in [-0.1, -0.05) is 11.3 Å². The van der Waals surface area contributed by atoms with Crippen LogP contribution in [0, 0.1) is 17.2 Å². The minimum absolute atomic E-state index is 0.0180. The van der Waals surface area contributed by atoms with E-state index in [1.165, 1.54) is 11.3 Å². The summed E-state index contributed by atoms with van der Waals surface area (Å²) in [5, 5.41) is 19.9. The average Bonchev–Trinajstić information content (AvgIpc) is 2.83. The van der Waals surface area contributed by atoms with Gasteiger partial charge in [0.25, 0.3) is 0 Å². The van der Waals surface area contributed by atoms with Gasteiger partial charge in [0, 0.05) is 13.1 Å². The summed E-state index contributed by atoms with van der Waals surface area (Å²) >= 11 is 1.38. The van der Waals surface area contributed by atoms with E-state index in [1.807, 2.05) is 4.90 Å². The highest BCUT2D eigenvalue weighted by Gasteiger charge is 2.26. The second kappa shape index (κ2) is 4.79. The first-order chi connectivity index (χ1) is 9.17. The Balaban J connectivity index is 1.86. The van der Waals surface area contributed by atoms with E-state index < -0.39 is 5.83 Å². The van der Waals surface area contributed by atoms with Gasteiger partial charge in [-0.2, -0.15) is 5.26 Å². The van der Waals surface area contributed by atoms with Crippen LogP contribution in [0.3, 0.4) is 0 Å². The molecule has 1 unspecified atom stereocenters. The molecule has 0 spiro atoms. The predicted molar refractivity (Wildman–Crippen MR) is 69.1 cm³/mol. The van der Waals surface area contributed by atoms with Crippen molar-refractivity contribution in [1.82, 2.24) is 10.0 Å². The lowest BCUT2D eigenvalue weighted by Gasteiger charge is -2.29. The molecule has 5 nitrogen and oxygen atoms in total. The number of hydrogen-bond acceptors (Lipinski definition) is 6. The molecule has 1 aromatic rings. The SMILES string of the molecule is N#CC1CCCN(c2nc3c(s2)CN(O)C=C3F)C1. The van der Waals surface area contributed by atoms with Crippen LogP contribution in [0.1, 0.15) is 23.4 Å². The topological polar surface area (TPSA) is 63.4 Å². The Morgan fingerprint density at radius 3 is 3.21 bits per heavy atom. The van der Waals surface area contributed by atoms with E-state index in [2.05, 4.69) is 11.1 Å². The fraction of sp³-hybridized carbons (Fsp3) is 0.500. The van der Waals surface area contributed by atoms with Gasteiger partial charge in [-0.15, -0.1) is 0 Å². The van der Waals surface area contributed by atoms with Crippen molar-refractivity contribution in [3.63, 3.8) is 0 Å². The molecule has 3 heterocycles. The molecule has 100 valence electrons. The van der Waals surface area contributed by atoms with Crippen molar-refractivity contribution in [2.24, 2.45) is 5.92 Å². The van der Waals surface area contributed by atoms with Gasteiger partial charge >= 0.3 is 0 Å². The van der Waals surface area contributed by atoms with E-state index in [1.54, 1.807) is 0 Å². The monoisotopic (exact) mass is 280 g/mol. The quantitative estimate of drug-likeness (QED) is 0.855. The Labute approximate surface area is 114 Å². The number of fused-ring (bicyclic) bond motifs is 1. The summed E-state index contributed by atoms with van der Waals surface area (Å²) < 4.78 is 13.7. The molecule has 19 heavy (non-hydrogen) atoms. The van der Waals surface area contributed by atoms with Crippen molar-refractivity contribution < 1.29 is 9.60 Å². The molecule has 2 aliphatic rings. The summed E-state index contributed by atoms with van der Waals surface area (Å²) in [5.74, 6) is -0.496. The van der Waals surface area contributed by atoms with Crippen LogP contribution in [0.4, 0.5) is 9.52 Å². The number of nitrogens with zero attached hydrogens (tertiary/aromatic N) is 4. The highest BCUT2D eigenvalue weighted by atomic mass is 32.1. The number of halogens is 1. The molecule has 1 saturated heterocycles. The van der Waals surface area contributed by atoms with Crippen molar-refractivity contribution in [2.45, 2.75) is 19.4 Å². The number of anilines is 1. The molecular formula is C12H13FN4OS. The fourth-order valence-electron chi connectivity index (χ4n) is 2.41. The lowest BCUT2D eigenvalue weighted by molar-refractivity contribution is -0.0501. The molecule has 0 aliphatic carbocycles. The number of hydroxylamine groups is 2. The van der Waals surface area contributed by atoms with Crippen molar-refractivity contribution in [3.05, 3.63) is 16.8 Å². The average molecular weight is 280 g/mol. The third-order valence-electron chi connectivity index (χ3n) is 3.35. The molecule has 0 aromatic carbocycles. The van der Waals surface area contributed by atoms with Crippen molar-refractivity contribution >= 4 is 22.3 Å². The number of piperidine rings is 1. The number of rotatable bonds is 1. The van der Waals surface area contributed by atoms with Crippen LogP contribution in [0.5, 0.6) is 0 Å². The molecule has 3 rings (SSSR count). The van der Waals surface area contributed by atoms with E-state index in [4.69, 9.17) is 5.26 Å². The highest BCUT2D eigenvalue weighted by molar-refractivity contribution is 7.15. The second-order valence-corrected chi connectivity index (χ2v) is 5.82. The summed E-state index contributed by atoms with van der Waals surface area (Å²) in [7, 11) is 0. The van der Waals surface area contributed by atoms with Gasteiger partial charge < -0.3 is 4.90 Å². The maximum Gasteiger partial charge on any atom is 0.186 e. The minimum Gasteiger partial charge on any atom is -0.347 e. The van der Waals surface area contributed by atoms with Crippen molar-refractivity contribution in [3.8, 4) is 6.07 Å². The highest BCUT2D eigenvalue weighted by Crippen LogP contribution is 2.36. The lowest BCUT2D eigenvalue weighted by Crippen LogP contribution is -2.34. The normalized spacial score (nSPS) is 22.8. The van der Waals surface area contributed by atoms with Gasteiger partial charge in [-0.3, -0.25) is 10.3 Å². The smallest absolute Gasteiger partial charge is 0.186 e. The number of aromatic nitrogens is 1. The zero-order valence-corrected chi connectivity index (χ0v) is 11.0. The summed E-state index contributed by atoms with van der Waals surface area (Å²) in [6, 6.07) is 2.28. The fourth-order valence-corrected chi connectivity index (χ4v) is 3.50. The third-order valence-corrected chi connectivity index (χ3v) is 4.46. The van der Waals surface area contributed by atoms with E-state index in [9.17, 15) is 9.60 Å². The minimum atomic E-state index is -0.514. The number of hydrogen-bond donors (Lipinski definition) is 1. The van der Waals surface area contributed by atoms with Gasteiger partial charge in [-0.05, 0) is 12.8 Å². The van der Waals surface area contributed by atoms with Crippen molar-refractivity contribution in [1.29, 1.82) is 5.26 Å². The van der Waals surface area contributed by atoms with E-state index in [0.717, 1.165) is 40.7 Å². The standard InChI is InChI=1S/C12H13FN4OS/c13-9-6-17(18)7-10-11(9)15-12(19-10)16-3-1-2-8(4-14)5-16/h6,8,18H,1-3,5,7H2. The zero-order chi connectivity index (χ0) is 13.4. The maximum atomic E-state index is 13.7. The predicted octanol–water partition coefficient (Wildman–Crippen LogP) is 2.36. The van der Waals surface area contributed by atoms with E-state index >= 15 is 0 Å². The first-order valence-corrected chi connectivity index (χ1v) is 6.96. The van der Waals surface area contributed by atoms with Gasteiger partial charge in [0.2, 0.25) is 0 Å². The largest absolute Gasteiger partial charge is 0.347 e. The zero-order valence-electron chi connectivity index (χ0n) is 10.2. The Bertz CT molecular complexity index is 565. The van der Waals surface area contributed by atoms with Crippen LogP contribution < -0.4 is 4.90 Å². The lowest BCUT2D eigenvalue weighted by atomic mass is 10.0. The van der Waals surface area contributed by atoms with Gasteiger partial charge in [0.05, 0.1) is 29.6 Å². The number of nitriles is 1. The molecule has 2 aliphatic heterocycles. The molecule has 1 atom stereocenters. The van der Waals surface area contributed by atoms with E-state index in [0.29, 0.717) is 12.2 Å². The van der Waals surface area contributed by atoms with Crippen LogP contribution in [0.15, 0.2) is 6.20 Å². The first kappa shape index (κ1) is 12.4. The summed E-state index contributed by atoms with van der Waals surface area (Å²) in [5.41, 5.74) is 0.324. The summed E-state index contributed by atoms with van der Waals surface area (Å²) in [6.45, 7) is 1.76. The van der Waals surface area contributed by atoms with Crippen molar-refractivity contribution in [2.75, 3.05) is 18.0 Å². The first-order valence-electron chi connectivity index (χ1n) is 6.15. The maximum absolute atomic E-state index is 13.7. The number of thiazole rings is 1. The Hall–Kier alpha value is -1.65. The second-order valence-electron chi connectivity index (χ2n) is 4.76. The third kappa shape index (κ3) is 2.29. The molecule has 0 saturated carbocycles. The Morgan fingerprint density at radius 1 is 1.58 bits per heavy atom. The van der Waals surface area contributed by atoms with E-state index in [-0.39, 0.29) is 12.5 Å². The molecular weight excluding hydrogens is 267 g/mol. The van der Waals surface area contributed by atoms with Crippen LogP contribution in [0.2, 0.25) is 0 Å². The Morgan fingerprint density at radius 2 is 2.42 bits per heavy atom. The van der Waals surface area contributed by atoms with Gasteiger partial charge in [-0.25, -0.2) is 9.37 Å². The molecule has 7 heteroatoms. The molecule has 1 N–H and O–H groups in total. The van der Waals surface area contributed by atoms with Crippen LogP contribution >= 0.6 is 11.3 Å². The molecule has 1 aromatic heterocycles. The molecule has 0 amide bonds. The van der Waals surface area contributed by atoms with Gasteiger partial charge in [0.15, 0.2) is 11.0 Å². The summed E-state index contributed by atoms with van der Waals surface area (Å²) in [4.78, 5) is 7.07. The van der Waals surface area contributed by atoms with Gasteiger partial charge in [0.1, 0.15) is 5.69 Å². The molecule has 0 radical (unpaired) electrons. The Kier molecular flexibility index (Phi) is 3.12. The summed E-state index contributed by atoms with van der Waals surface area (Å²) in [6.07, 6.45) is 2.91. The molecule has 1 fully saturated rings. The molecule has 0 bridgehead atoms. The van der Waals surface area contributed by atoms with Crippen LogP contribution in [0.25, 0.3) is 5.83 Å².